The van der Waals surface area contributed by atoms with Crippen molar-refractivity contribution < 1.29 is 19.0 Å². The van der Waals surface area contributed by atoms with E-state index >= 15 is 0 Å². The minimum atomic E-state index is -1.01. The lowest BCUT2D eigenvalue weighted by Gasteiger charge is -2.32. The maximum atomic E-state index is 12.8. The number of esters is 1. The first kappa shape index (κ1) is 16.6. The number of aliphatic hydroxyl groups is 1. The standard InChI is InChI=1S/C17H22FNO3/c1-22-17(21)16(20)14-8-11-19(12-9-14)10-2-3-13-4-6-15(18)7-5-13/h2-7,14,16,20H,8-12H2,1H3/b3-2+/t16-/m1/s1. The molecule has 1 heterocycles. The molecule has 1 aliphatic rings. The predicted octanol–water partition coefficient (Wildman–Crippen LogP) is 2.08. The van der Waals surface area contributed by atoms with Crippen LogP contribution in [0.3, 0.4) is 0 Å². The van der Waals surface area contributed by atoms with Crippen molar-refractivity contribution in [3.63, 3.8) is 0 Å². The zero-order chi connectivity index (χ0) is 15.9. The summed E-state index contributed by atoms with van der Waals surface area (Å²) in [5, 5.41) is 9.84. The number of benzene rings is 1. The van der Waals surface area contributed by atoms with Crippen LogP contribution in [-0.4, -0.2) is 48.8 Å². The molecular formula is C17H22FNO3. The normalized spacial score (nSPS) is 18.5. The summed E-state index contributed by atoms with van der Waals surface area (Å²) in [4.78, 5) is 13.6. The van der Waals surface area contributed by atoms with Crippen LogP contribution in [0.4, 0.5) is 4.39 Å². The third-order valence-corrected chi connectivity index (χ3v) is 4.07. The fraction of sp³-hybridized carbons (Fsp3) is 0.471. The summed E-state index contributed by atoms with van der Waals surface area (Å²) in [6.07, 6.45) is 4.56. The maximum absolute atomic E-state index is 12.8. The van der Waals surface area contributed by atoms with Gasteiger partial charge in [0.2, 0.25) is 0 Å². The predicted molar refractivity (Wildman–Crippen MR) is 82.6 cm³/mol. The van der Waals surface area contributed by atoms with Gasteiger partial charge in [0.25, 0.3) is 0 Å². The number of hydrogen-bond acceptors (Lipinski definition) is 4. The van der Waals surface area contributed by atoms with Crippen LogP contribution in [-0.2, 0) is 9.53 Å². The number of methoxy groups -OCH3 is 1. The van der Waals surface area contributed by atoms with Crippen LogP contribution < -0.4 is 0 Å². The van der Waals surface area contributed by atoms with Gasteiger partial charge >= 0.3 is 5.97 Å². The number of nitrogens with zero attached hydrogens (tertiary/aromatic N) is 1. The van der Waals surface area contributed by atoms with Crippen molar-refractivity contribution in [2.24, 2.45) is 5.92 Å². The highest BCUT2D eigenvalue weighted by atomic mass is 19.1. The van der Waals surface area contributed by atoms with E-state index in [1.54, 1.807) is 12.1 Å². The molecule has 0 aliphatic carbocycles. The van der Waals surface area contributed by atoms with Gasteiger partial charge in [0.1, 0.15) is 5.82 Å². The Bertz CT molecular complexity index is 507. The van der Waals surface area contributed by atoms with E-state index in [9.17, 15) is 14.3 Å². The van der Waals surface area contributed by atoms with E-state index in [0.29, 0.717) is 0 Å². The van der Waals surface area contributed by atoms with Gasteiger partial charge in [0.05, 0.1) is 7.11 Å². The summed E-state index contributed by atoms with van der Waals surface area (Å²) in [5.74, 6) is -0.803. The number of halogens is 1. The molecule has 1 fully saturated rings. The molecule has 1 aromatic carbocycles. The number of aliphatic hydroxyl groups excluding tert-OH is 1. The Labute approximate surface area is 130 Å². The third kappa shape index (κ3) is 4.64. The second-order valence-corrected chi connectivity index (χ2v) is 5.56. The van der Waals surface area contributed by atoms with Gasteiger partial charge < -0.3 is 9.84 Å². The zero-order valence-electron chi connectivity index (χ0n) is 12.7. The average Bonchev–Trinajstić information content (AvgIpc) is 2.56. The summed E-state index contributed by atoms with van der Waals surface area (Å²) in [6, 6.07) is 6.37. The van der Waals surface area contributed by atoms with Crippen LogP contribution in [0.1, 0.15) is 18.4 Å². The second-order valence-electron chi connectivity index (χ2n) is 5.56. The first-order valence-electron chi connectivity index (χ1n) is 7.50. The van der Waals surface area contributed by atoms with Crippen LogP contribution in [0, 0.1) is 11.7 Å². The quantitative estimate of drug-likeness (QED) is 0.846. The largest absolute Gasteiger partial charge is 0.467 e. The molecule has 2 rings (SSSR count). The molecule has 1 aromatic rings. The van der Waals surface area contributed by atoms with Crippen LogP contribution >= 0.6 is 0 Å². The van der Waals surface area contributed by atoms with Gasteiger partial charge in [-0.05, 0) is 49.5 Å². The number of carbonyl (C=O) groups excluding carboxylic acids is 1. The summed E-state index contributed by atoms with van der Waals surface area (Å²) in [6.45, 7) is 2.48. The van der Waals surface area contributed by atoms with Crippen molar-refractivity contribution >= 4 is 12.0 Å². The Hall–Kier alpha value is -1.72. The van der Waals surface area contributed by atoms with Gasteiger partial charge in [-0.15, -0.1) is 0 Å². The molecule has 0 saturated carbocycles. The molecule has 0 bridgehead atoms. The van der Waals surface area contributed by atoms with E-state index in [0.717, 1.165) is 38.0 Å². The van der Waals surface area contributed by atoms with Gasteiger partial charge in [0.15, 0.2) is 6.10 Å². The van der Waals surface area contributed by atoms with Gasteiger partial charge in [0, 0.05) is 6.54 Å². The van der Waals surface area contributed by atoms with Gasteiger partial charge in [-0.25, -0.2) is 9.18 Å². The Balaban J connectivity index is 1.75. The summed E-state index contributed by atoms with van der Waals surface area (Å²) >= 11 is 0. The molecule has 5 heteroatoms. The second kappa shape index (κ2) is 8.06. The van der Waals surface area contributed by atoms with Crippen LogP contribution in [0.2, 0.25) is 0 Å². The van der Waals surface area contributed by atoms with Crippen molar-refractivity contribution in [1.29, 1.82) is 0 Å². The van der Waals surface area contributed by atoms with Crippen LogP contribution in [0.25, 0.3) is 6.08 Å². The van der Waals surface area contributed by atoms with Crippen LogP contribution in [0.15, 0.2) is 30.3 Å². The molecule has 0 spiro atoms. The van der Waals surface area contributed by atoms with E-state index in [2.05, 4.69) is 9.64 Å². The molecule has 0 radical (unpaired) electrons. The molecule has 0 aromatic heterocycles. The van der Waals surface area contributed by atoms with Crippen molar-refractivity contribution in [2.45, 2.75) is 18.9 Å². The van der Waals surface area contributed by atoms with Crippen molar-refractivity contribution in [2.75, 3.05) is 26.7 Å². The highest BCUT2D eigenvalue weighted by Gasteiger charge is 2.29. The molecule has 22 heavy (non-hydrogen) atoms. The molecular weight excluding hydrogens is 285 g/mol. The van der Waals surface area contributed by atoms with Crippen molar-refractivity contribution in [3.05, 3.63) is 41.7 Å². The molecule has 4 nitrogen and oxygen atoms in total. The molecule has 1 saturated heterocycles. The number of carbonyl (C=O) groups is 1. The SMILES string of the molecule is COC(=O)[C@H](O)C1CCN(C/C=C/c2ccc(F)cc2)CC1. The lowest BCUT2D eigenvalue weighted by molar-refractivity contribution is -0.154. The summed E-state index contributed by atoms with van der Waals surface area (Å²) in [5.41, 5.74) is 0.970. The van der Waals surface area contributed by atoms with Gasteiger partial charge in [-0.2, -0.15) is 0 Å². The summed E-state index contributed by atoms with van der Waals surface area (Å²) < 4.78 is 17.4. The molecule has 120 valence electrons. The Morgan fingerprint density at radius 1 is 1.41 bits per heavy atom. The Morgan fingerprint density at radius 3 is 2.64 bits per heavy atom. The van der Waals surface area contributed by atoms with E-state index in [4.69, 9.17) is 0 Å². The maximum Gasteiger partial charge on any atom is 0.334 e. The minimum absolute atomic E-state index is 0.0234. The lowest BCUT2D eigenvalue weighted by atomic mass is 9.91. The first-order chi connectivity index (χ1) is 10.6. The van der Waals surface area contributed by atoms with E-state index in [-0.39, 0.29) is 11.7 Å². The van der Waals surface area contributed by atoms with Crippen LogP contribution in [0.5, 0.6) is 0 Å². The molecule has 1 aliphatic heterocycles. The monoisotopic (exact) mass is 307 g/mol. The topological polar surface area (TPSA) is 49.8 Å². The molecule has 1 atom stereocenters. The highest BCUT2D eigenvalue weighted by Crippen LogP contribution is 2.21. The number of hydrogen-bond donors (Lipinski definition) is 1. The third-order valence-electron chi connectivity index (χ3n) is 4.07. The number of rotatable bonds is 5. The van der Waals surface area contributed by atoms with Gasteiger partial charge in [-0.1, -0.05) is 24.3 Å². The van der Waals surface area contributed by atoms with Crippen molar-refractivity contribution in [3.8, 4) is 0 Å². The fourth-order valence-electron chi connectivity index (χ4n) is 2.68. The fourth-order valence-corrected chi connectivity index (χ4v) is 2.68. The average molecular weight is 307 g/mol. The summed E-state index contributed by atoms with van der Waals surface area (Å²) in [7, 11) is 1.29. The lowest BCUT2D eigenvalue weighted by Crippen LogP contribution is -2.40. The number of likely N-dealkylation sites (tertiary alicyclic amines) is 1. The smallest absolute Gasteiger partial charge is 0.334 e. The number of ether oxygens (including phenoxy) is 1. The van der Waals surface area contributed by atoms with E-state index < -0.39 is 12.1 Å². The van der Waals surface area contributed by atoms with E-state index in [1.807, 2.05) is 12.2 Å². The van der Waals surface area contributed by atoms with Gasteiger partial charge in [-0.3, -0.25) is 4.90 Å². The number of piperidine rings is 1. The minimum Gasteiger partial charge on any atom is -0.467 e. The molecule has 0 amide bonds. The zero-order valence-corrected chi connectivity index (χ0v) is 12.7. The Morgan fingerprint density at radius 2 is 2.05 bits per heavy atom. The highest BCUT2D eigenvalue weighted by molar-refractivity contribution is 5.74. The van der Waals surface area contributed by atoms with E-state index in [1.165, 1.54) is 19.2 Å². The Kier molecular flexibility index (Phi) is 6.10. The first-order valence-corrected chi connectivity index (χ1v) is 7.50. The molecule has 1 N–H and O–H groups in total. The van der Waals surface area contributed by atoms with Crippen molar-refractivity contribution in [1.82, 2.24) is 4.90 Å². The molecule has 0 unspecified atom stereocenters.